The Balaban J connectivity index is 2.00. The minimum atomic E-state index is -0.416. The van der Waals surface area contributed by atoms with Crippen molar-refractivity contribution < 1.29 is 9.53 Å². The zero-order valence-electron chi connectivity index (χ0n) is 17.7. The van der Waals surface area contributed by atoms with Crippen LogP contribution in [0.3, 0.4) is 0 Å². The molecule has 0 aliphatic rings. The second-order valence-corrected chi connectivity index (χ2v) is 7.40. The number of amides is 1. The average molecular weight is 395 g/mol. The number of nitrogens with one attached hydrogen (secondary N) is 1. The molecule has 0 unspecified atom stereocenters. The molecular weight excluding hydrogens is 364 g/mol. The highest BCUT2D eigenvalue weighted by atomic mass is 16.5. The topological polar surface area (TPSA) is 82.2 Å². The molecule has 2 aromatic carbocycles. The van der Waals surface area contributed by atoms with Crippen LogP contribution < -0.4 is 11.1 Å². The Bertz CT molecular complexity index is 1010. The van der Waals surface area contributed by atoms with Crippen molar-refractivity contribution in [1.82, 2.24) is 14.9 Å². The Kier molecular flexibility index (Phi) is 6.67. The van der Waals surface area contributed by atoms with E-state index in [1.165, 1.54) is 16.7 Å². The van der Waals surface area contributed by atoms with Gasteiger partial charge in [0.2, 0.25) is 5.91 Å². The summed E-state index contributed by atoms with van der Waals surface area (Å²) in [5, 5.41) is 3.15. The minimum Gasteiger partial charge on any atom is -0.380 e. The maximum Gasteiger partial charge on any atom is 0.234 e. The molecule has 0 fully saturated rings. The van der Waals surface area contributed by atoms with Gasteiger partial charge in [0, 0.05) is 13.2 Å². The zero-order valence-corrected chi connectivity index (χ0v) is 17.7. The quantitative estimate of drug-likeness (QED) is 0.546. The van der Waals surface area contributed by atoms with Crippen LogP contribution in [0.2, 0.25) is 0 Å². The van der Waals surface area contributed by atoms with Gasteiger partial charge < -0.3 is 15.0 Å². The maximum atomic E-state index is 11.4. The van der Waals surface area contributed by atoms with Gasteiger partial charge in [0.1, 0.15) is 5.82 Å². The molecule has 1 heterocycles. The predicted molar refractivity (Wildman–Crippen MR) is 117 cm³/mol. The van der Waals surface area contributed by atoms with Gasteiger partial charge >= 0.3 is 0 Å². The van der Waals surface area contributed by atoms with Crippen LogP contribution in [-0.2, 0) is 22.6 Å². The highest BCUT2D eigenvalue weighted by molar-refractivity contribution is 5.83. The normalized spacial score (nSPS) is 12.4. The van der Waals surface area contributed by atoms with Gasteiger partial charge in [-0.05, 0) is 56.5 Å². The first-order valence-corrected chi connectivity index (χ1v) is 10.1. The van der Waals surface area contributed by atoms with E-state index in [9.17, 15) is 4.79 Å². The first kappa shape index (κ1) is 21.0. The van der Waals surface area contributed by atoms with Crippen molar-refractivity contribution in [3.63, 3.8) is 0 Å². The van der Waals surface area contributed by atoms with Crippen LogP contribution in [0.4, 0.5) is 0 Å². The van der Waals surface area contributed by atoms with E-state index in [4.69, 9.17) is 15.5 Å². The molecule has 154 valence electrons. The number of rotatable bonds is 9. The fourth-order valence-corrected chi connectivity index (χ4v) is 3.51. The summed E-state index contributed by atoms with van der Waals surface area (Å²) in [4.78, 5) is 16.1. The molecule has 0 spiro atoms. The third kappa shape index (κ3) is 4.83. The van der Waals surface area contributed by atoms with E-state index in [1.54, 1.807) is 6.92 Å². The van der Waals surface area contributed by atoms with Gasteiger partial charge in [0.15, 0.2) is 0 Å². The van der Waals surface area contributed by atoms with E-state index >= 15 is 0 Å². The number of primary amides is 1. The van der Waals surface area contributed by atoms with Gasteiger partial charge in [0.05, 0.1) is 30.2 Å². The third-order valence-electron chi connectivity index (χ3n) is 5.18. The standard InChI is InChI=1S/C23H30N4O2/c1-5-29-11-10-27-21-13-18(19-8-6-15(2)12-16(19)3)7-9-20(21)26-22(27)14-25-17(4)23(24)28/h6-9,12-13,17,25H,5,10-11,14H2,1-4H3,(H2,24,28)/t17-/m0/s1. The van der Waals surface area contributed by atoms with E-state index in [0.717, 1.165) is 22.4 Å². The van der Waals surface area contributed by atoms with E-state index < -0.39 is 6.04 Å². The molecule has 0 radical (unpaired) electrons. The molecule has 0 bridgehead atoms. The third-order valence-corrected chi connectivity index (χ3v) is 5.18. The van der Waals surface area contributed by atoms with Crippen LogP contribution in [-0.4, -0.2) is 34.7 Å². The lowest BCUT2D eigenvalue weighted by molar-refractivity contribution is -0.119. The molecule has 1 amide bonds. The summed E-state index contributed by atoms with van der Waals surface area (Å²) in [6.45, 7) is 10.4. The Labute approximate surface area is 172 Å². The molecule has 1 aromatic heterocycles. The van der Waals surface area contributed by atoms with Crippen LogP contribution in [0, 0.1) is 13.8 Å². The molecule has 6 heteroatoms. The number of carbonyl (C=O) groups excluding carboxylic acids is 1. The van der Waals surface area contributed by atoms with Gasteiger partial charge in [-0.25, -0.2) is 4.98 Å². The summed E-state index contributed by atoms with van der Waals surface area (Å²) < 4.78 is 7.74. The van der Waals surface area contributed by atoms with Crippen molar-refractivity contribution in [1.29, 1.82) is 0 Å². The Morgan fingerprint density at radius 3 is 2.72 bits per heavy atom. The van der Waals surface area contributed by atoms with Crippen molar-refractivity contribution in [3.05, 3.63) is 53.3 Å². The highest BCUT2D eigenvalue weighted by Gasteiger charge is 2.15. The smallest absolute Gasteiger partial charge is 0.234 e. The molecule has 0 saturated heterocycles. The number of hydrogen-bond acceptors (Lipinski definition) is 4. The van der Waals surface area contributed by atoms with Crippen molar-refractivity contribution in [2.24, 2.45) is 5.73 Å². The maximum absolute atomic E-state index is 11.4. The van der Waals surface area contributed by atoms with Crippen LogP contribution in [0.15, 0.2) is 36.4 Å². The number of benzene rings is 2. The van der Waals surface area contributed by atoms with Crippen LogP contribution in [0.1, 0.15) is 30.8 Å². The van der Waals surface area contributed by atoms with Gasteiger partial charge in [-0.3, -0.25) is 10.1 Å². The number of nitrogens with two attached hydrogens (primary N) is 1. The molecular formula is C23H30N4O2. The van der Waals surface area contributed by atoms with Crippen LogP contribution >= 0.6 is 0 Å². The minimum absolute atomic E-state index is 0.376. The number of nitrogens with zero attached hydrogens (tertiary/aromatic N) is 2. The van der Waals surface area contributed by atoms with Crippen molar-refractivity contribution in [3.8, 4) is 11.1 Å². The lowest BCUT2D eigenvalue weighted by atomic mass is 9.98. The van der Waals surface area contributed by atoms with Gasteiger partial charge in [0.25, 0.3) is 0 Å². The van der Waals surface area contributed by atoms with Crippen molar-refractivity contribution in [2.75, 3.05) is 13.2 Å². The number of aromatic nitrogens is 2. The lowest BCUT2D eigenvalue weighted by Gasteiger charge is -2.13. The summed E-state index contributed by atoms with van der Waals surface area (Å²) in [5.74, 6) is 0.490. The number of carbonyl (C=O) groups is 1. The van der Waals surface area contributed by atoms with Gasteiger partial charge in [-0.1, -0.05) is 29.8 Å². The largest absolute Gasteiger partial charge is 0.380 e. The molecule has 3 aromatic rings. The van der Waals surface area contributed by atoms with E-state index in [2.05, 4.69) is 60.1 Å². The monoisotopic (exact) mass is 394 g/mol. The molecule has 0 saturated carbocycles. The van der Waals surface area contributed by atoms with Gasteiger partial charge in [-0.15, -0.1) is 0 Å². The van der Waals surface area contributed by atoms with Crippen molar-refractivity contribution >= 4 is 16.9 Å². The zero-order chi connectivity index (χ0) is 21.0. The number of imidazole rings is 1. The second-order valence-electron chi connectivity index (χ2n) is 7.40. The first-order valence-electron chi connectivity index (χ1n) is 10.1. The Hall–Kier alpha value is -2.70. The molecule has 29 heavy (non-hydrogen) atoms. The summed E-state index contributed by atoms with van der Waals surface area (Å²) in [6.07, 6.45) is 0. The number of ether oxygens (including phenoxy) is 1. The van der Waals surface area contributed by atoms with Crippen LogP contribution in [0.5, 0.6) is 0 Å². The number of fused-ring (bicyclic) bond motifs is 1. The second kappa shape index (κ2) is 9.20. The molecule has 0 aliphatic carbocycles. The molecule has 3 rings (SSSR count). The molecule has 1 atom stereocenters. The fraction of sp³-hybridized carbons (Fsp3) is 0.391. The average Bonchev–Trinajstić information content (AvgIpc) is 3.03. The summed E-state index contributed by atoms with van der Waals surface area (Å²) >= 11 is 0. The van der Waals surface area contributed by atoms with Crippen molar-refractivity contribution in [2.45, 2.75) is 46.8 Å². The molecule has 3 N–H and O–H groups in total. The first-order chi connectivity index (χ1) is 13.9. The Morgan fingerprint density at radius 1 is 1.24 bits per heavy atom. The number of aryl methyl sites for hydroxylation is 2. The Morgan fingerprint density at radius 2 is 2.03 bits per heavy atom. The van der Waals surface area contributed by atoms with Gasteiger partial charge in [-0.2, -0.15) is 0 Å². The fourth-order valence-electron chi connectivity index (χ4n) is 3.51. The predicted octanol–water partition coefficient (Wildman–Crippen LogP) is 3.32. The SMILES string of the molecule is CCOCCn1c(CN[C@@H](C)C(N)=O)nc2ccc(-c3ccc(C)cc3C)cc21. The van der Waals surface area contributed by atoms with E-state index in [-0.39, 0.29) is 5.91 Å². The lowest BCUT2D eigenvalue weighted by Crippen LogP contribution is -2.38. The van der Waals surface area contributed by atoms with Crippen LogP contribution in [0.25, 0.3) is 22.2 Å². The van der Waals surface area contributed by atoms with E-state index in [1.807, 2.05) is 6.92 Å². The molecule has 0 aliphatic heterocycles. The summed E-state index contributed by atoms with van der Waals surface area (Å²) in [6, 6.07) is 12.5. The highest BCUT2D eigenvalue weighted by Crippen LogP contribution is 2.28. The van der Waals surface area contributed by atoms with E-state index in [0.29, 0.717) is 26.3 Å². The summed E-state index contributed by atoms with van der Waals surface area (Å²) in [5.41, 5.74) is 12.3. The molecule has 6 nitrogen and oxygen atoms in total. The summed E-state index contributed by atoms with van der Waals surface area (Å²) in [7, 11) is 0. The number of hydrogen-bond donors (Lipinski definition) is 2.